The van der Waals surface area contributed by atoms with Crippen molar-refractivity contribution in [3.63, 3.8) is 0 Å². The van der Waals surface area contributed by atoms with Gasteiger partial charge < -0.3 is 11.1 Å². The minimum atomic E-state index is 0.227. The van der Waals surface area contributed by atoms with Gasteiger partial charge in [0.1, 0.15) is 0 Å². The Kier molecular flexibility index (Phi) is 5.60. The molecule has 3 heteroatoms. The van der Waals surface area contributed by atoms with Crippen LogP contribution >= 0.6 is 0 Å². The fraction of sp³-hybridized carbons (Fsp3) is 0.909. The van der Waals surface area contributed by atoms with Crippen molar-refractivity contribution in [3.8, 4) is 0 Å². The van der Waals surface area contributed by atoms with Gasteiger partial charge in [0.25, 0.3) is 0 Å². The van der Waals surface area contributed by atoms with Crippen LogP contribution < -0.4 is 11.1 Å². The smallest absolute Gasteiger partial charge is 0.220 e. The highest BCUT2D eigenvalue weighted by Crippen LogP contribution is 2.27. The maximum atomic E-state index is 11.3. The second-order valence-electron chi connectivity index (χ2n) is 4.20. The highest BCUT2D eigenvalue weighted by Gasteiger charge is 2.21. The Balaban J connectivity index is 1.81. The van der Waals surface area contributed by atoms with E-state index in [1.807, 2.05) is 0 Å². The first-order valence-corrected chi connectivity index (χ1v) is 5.79. The van der Waals surface area contributed by atoms with Crippen molar-refractivity contribution >= 4 is 5.91 Å². The van der Waals surface area contributed by atoms with E-state index in [4.69, 9.17) is 5.73 Å². The van der Waals surface area contributed by atoms with Gasteiger partial charge in [-0.1, -0.05) is 12.8 Å². The summed E-state index contributed by atoms with van der Waals surface area (Å²) in [4.78, 5) is 11.3. The van der Waals surface area contributed by atoms with Crippen LogP contribution in [0.3, 0.4) is 0 Å². The molecule has 0 atom stereocenters. The van der Waals surface area contributed by atoms with Crippen molar-refractivity contribution in [3.05, 3.63) is 0 Å². The Bertz CT molecular complexity index is 167. The fourth-order valence-electron chi connectivity index (χ4n) is 1.45. The van der Waals surface area contributed by atoms with Gasteiger partial charge in [-0.2, -0.15) is 0 Å². The van der Waals surface area contributed by atoms with Crippen LogP contribution in [0, 0.1) is 5.92 Å². The van der Waals surface area contributed by atoms with Crippen LogP contribution in [0.25, 0.3) is 0 Å². The molecule has 1 saturated carbocycles. The van der Waals surface area contributed by atoms with Crippen molar-refractivity contribution in [2.75, 3.05) is 13.1 Å². The molecule has 0 spiro atoms. The number of nitrogens with two attached hydrogens (primary N) is 1. The van der Waals surface area contributed by atoms with Crippen LogP contribution in [0.1, 0.15) is 44.9 Å². The van der Waals surface area contributed by atoms with Crippen LogP contribution in [0.4, 0.5) is 0 Å². The van der Waals surface area contributed by atoms with E-state index in [0.717, 1.165) is 44.7 Å². The second-order valence-corrected chi connectivity index (χ2v) is 4.20. The number of rotatable bonds is 8. The van der Waals surface area contributed by atoms with Crippen LogP contribution in [0.5, 0.6) is 0 Å². The van der Waals surface area contributed by atoms with Crippen LogP contribution in [0.2, 0.25) is 0 Å². The van der Waals surface area contributed by atoms with Crippen molar-refractivity contribution in [1.29, 1.82) is 0 Å². The minimum absolute atomic E-state index is 0.227. The topological polar surface area (TPSA) is 55.1 Å². The molecule has 0 aromatic rings. The maximum Gasteiger partial charge on any atom is 0.220 e. The predicted molar refractivity (Wildman–Crippen MR) is 57.9 cm³/mol. The zero-order valence-electron chi connectivity index (χ0n) is 8.93. The van der Waals surface area contributed by atoms with Gasteiger partial charge in [0.05, 0.1) is 0 Å². The van der Waals surface area contributed by atoms with Gasteiger partial charge in [-0.05, 0) is 38.1 Å². The number of hydrogen-bond donors (Lipinski definition) is 2. The second kappa shape index (κ2) is 6.82. The molecular formula is C11H22N2O. The van der Waals surface area contributed by atoms with Gasteiger partial charge in [0.15, 0.2) is 0 Å². The lowest BCUT2D eigenvalue weighted by Crippen LogP contribution is -2.25. The summed E-state index contributed by atoms with van der Waals surface area (Å²) in [6, 6.07) is 0. The van der Waals surface area contributed by atoms with E-state index >= 15 is 0 Å². The molecule has 1 amide bonds. The summed E-state index contributed by atoms with van der Waals surface area (Å²) in [5.74, 6) is 1.01. The number of amides is 1. The number of hydrogen-bond acceptors (Lipinski definition) is 2. The van der Waals surface area contributed by atoms with Crippen LogP contribution in [-0.4, -0.2) is 19.0 Å². The van der Waals surface area contributed by atoms with Crippen molar-refractivity contribution in [2.24, 2.45) is 11.7 Å². The average molecular weight is 198 g/mol. The maximum absolute atomic E-state index is 11.3. The highest BCUT2D eigenvalue weighted by molar-refractivity contribution is 5.75. The number of carbonyl (C=O) groups excluding carboxylic acids is 1. The first-order valence-electron chi connectivity index (χ1n) is 5.79. The van der Waals surface area contributed by atoms with E-state index in [2.05, 4.69) is 5.32 Å². The summed E-state index contributed by atoms with van der Waals surface area (Å²) in [6.45, 7) is 1.68. The lowest BCUT2D eigenvalue weighted by Gasteiger charge is -2.03. The third kappa shape index (κ3) is 5.97. The Labute approximate surface area is 86.4 Å². The Morgan fingerprint density at radius 2 is 1.93 bits per heavy atom. The molecule has 0 radical (unpaired) electrons. The van der Waals surface area contributed by atoms with Gasteiger partial charge in [0, 0.05) is 13.0 Å². The standard InChI is InChI=1S/C11H22N2O/c12-8-4-2-1-3-5-11(14)13-9-10-6-7-10/h10H,1-9,12H2,(H,13,14). The third-order valence-corrected chi connectivity index (χ3v) is 2.64. The summed E-state index contributed by atoms with van der Waals surface area (Å²) >= 11 is 0. The van der Waals surface area contributed by atoms with E-state index in [0.29, 0.717) is 6.42 Å². The Morgan fingerprint density at radius 1 is 1.21 bits per heavy atom. The number of nitrogens with one attached hydrogen (secondary N) is 1. The molecular weight excluding hydrogens is 176 g/mol. The van der Waals surface area contributed by atoms with Gasteiger partial charge in [-0.3, -0.25) is 4.79 Å². The third-order valence-electron chi connectivity index (χ3n) is 2.64. The fourth-order valence-corrected chi connectivity index (χ4v) is 1.45. The number of carbonyl (C=O) groups is 1. The van der Waals surface area contributed by atoms with E-state index < -0.39 is 0 Å². The van der Waals surface area contributed by atoms with E-state index in [-0.39, 0.29) is 5.91 Å². The molecule has 1 rings (SSSR count). The summed E-state index contributed by atoms with van der Waals surface area (Å²) in [7, 11) is 0. The first kappa shape index (κ1) is 11.5. The molecule has 14 heavy (non-hydrogen) atoms. The summed E-state index contributed by atoms with van der Waals surface area (Å²) < 4.78 is 0. The molecule has 0 aromatic carbocycles. The molecule has 82 valence electrons. The highest BCUT2D eigenvalue weighted by atomic mass is 16.1. The van der Waals surface area contributed by atoms with Gasteiger partial charge in [-0.15, -0.1) is 0 Å². The van der Waals surface area contributed by atoms with Crippen LogP contribution in [-0.2, 0) is 4.79 Å². The van der Waals surface area contributed by atoms with Gasteiger partial charge >= 0.3 is 0 Å². The van der Waals surface area contributed by atoms with E-state index in [9.17, 15) is 4.79 Å². The SMILES string of the molecule is NCCCCCCC(=O)NCC1CC1. The molecule has 0 bridgehead atoms. The summed E-state index contributed by atoms with van der Waals surface area (Å²) in [6.07, 6.45) is 7.69. The molecule has 0 unspecified atom stereocenters. The van der Waals surface area contributed by atoms with Crippen molar-refractivity contribution < 1.29 is 4.79 Å². The molecule has 1 fully saturated rings. The zero-order valence-corrected chi connectivity index (χ0v) is 8.93. The molecule has 1 aliphatic rings. The first-order chi connectivity index (χ1) is 6.83. The molecule has 3 N–H and O–H groups in total. The summed E-state index contributed by atoms with van der Waals surface area (Å²) in [5.41, 5.74) is 5.38. The van der Waals surface area contributed by atoms with E-state index in [1.54, 1.807) is 0 Å². The molecule has 0 heterocycles. The zero-order chi connectivity index (χ0) is 10.2. The molecule has 3 nitrogen and oxygen atoms in total. The number of unbranched alkanes of at least 4 members (excludes halogenated alkanes) is 3. The quantitative estimate of drug-likeness (QED) is 0.580. The minimum Gasteiger partial charge on any atom is -0.356 e. The van der Waals surface area contributed by atoms with E-state index in [1.165, 1.54) is 12.8 Å². The van der Waals surface area contributed by atoms with Gasteiger partial charge in [-0.25, -0.2) is 0 Å². The predicted octanol–water partition coefficient (Wildman–Crippen LogP) is 1.42. The van der Waals surface area contributed by atoms with Crippen LogP contribution in [0.15, 0.2) is 0 Å². The van der Waals surface area contributed by atoms with Gasteiger partial charge in [0.2, 0.25) is 5.91 Å². The van der Waals surface area contributed by atoms with Crippen molar-refractivity contribution in [1.82, 2.24) is 5.32 Å². The Hall–Kier alpha value is -0.570. The molecule has 1 aliphatic carbocycles. The molecule has 0 saturated heterocycles. The largest absolute Gasteiger partial charge is 0.356 e. The Morgan fingerprint density at radius 3 is 2.57 bits per heavy atom. The lowest BCUT2D eigenvalue weighted by molar-refractivity contribution is -0.121. The molecule has 0 aromatic heterocycles. The average Bonchev–Trinajstić information content (AvgIpc) is 2.98. The van der Waals surface area contributed by atoms with Crippen molar-refractivity contribution in [2.45, 2.75) is 44.9 Å². The lowest BCUT2D eigenvalue weighted by atomic mass is 10.1. The molecule has 0 aliphatic heterocycles. The summed E-state index contributed by atoms with van der Waals surface area (Å²) in [5, 5.41) is 2.97. The normalized spacial score (nSPS) is 15.5. The monoisotopic (exact) mass is 198 g/mol.